The number of ether oxygens (including phenoxy) is 4. The van der Waals surface area contributed by atoms with Gasteiger partial charge < -0.3 is 30.0 Å². The highest BCUT2D eigenvalue weighted by Crippen LogP contribution is 2.45. The molecule has 4 N–H and O–H groups in total. The lowest BCUT2D eigenvalue weighted by atomic mass is 10.1. The molecule has 2 aromatic carbocycles. The number of nitrogens with one attached hydrogen (secondary N) is 2. The maximum absolute atomic E-state index is 15.3. The molecule has 3 rings (SSSR count). The molecule has 2 aromatic rings. The fourth-order valence-corrected chi connectivity index (χ4v) is 2.97. The summed E-state index contributed by atoms with van der Waals surface area (Å²) in [6, 6.07) is 8.05. The number of carbonyl (C=O) groups is 1. The van der Waals surface area contributed by atoms with Crippen molar-refractivity contribution in [2.45, 2.75) is 26.4 Å². The Kier molecular flexibility index (Phi) is 6.73. The first-order chi connectivity index (χ1) is 14.4. The summed E-state index contributed by atoms with van der Waals surface area (Å²) in [5.74, 6) is -1.67. The van der Waals surface area contributed by atoms with Crippen molar-refractivity contribution in [1.29, 1.82) is 5.41 Å². The zero-order chi connectivity index (χ0) is 21.7. The van der Waals surface area contributed by atoms with Crippen molar-refractivity contribution in [3.63, 3.8) is 0 Å². The third-order valence-corrected chi connectivity index (χ3v) is 4.34. The van der Waals surface area contributed by atoms with Crippen LogP contribution < -0.4 is 25.3 Å². The number of rotatable bonds is 8. The highest BCUT2D eigenvalue weighted by atomic mass is 19.1. The van der Waals surface area contributed by atoms with Crippen molar-refractivity contribution in [2.75, 3.05) is 25.1 Å². The number of nitrogen functional groups attached to an aromatic ring is 1. The highest BCUT2D eigenvalue weighted by Gasteiger charge is 2.27. The summed E-state index contributed by atoms with van der Waals surface area (Å²) < 4.78 is 37.2. The van der Waals surface area contributed by atoms with Gasteiger partial charge in [-0.3, -0.25) is 10.2 Å². The second kappa shape index (κ2) is 9.45. The van der Waals surface area contributed by atoms with E-state index in [1.165, 1.54) is 13.0 Å². The molecule has 160 valence electrons. The van der Waals surface area contributed by atoms with Gasteiger partial charge in [0.2, 0.25) is 5.82 Å². The van der Waals surface area contributed by atoms with Crippen molar-refractivity contribution in [3.05, 3.63) is 41.7 Å². The average molecular weight is 417 g/mol. The summed E-state index contributed by atoms with van der Waals surface area (Å²) in [7, 11) is 0. The van der Waals surface area contributed by atoms with E-state index < -0.39 is 11.8 Å². The fraction of sp³-hybridized carbons (Fsp3) is 0.333. The lowest BCUT2D eigenvalue weighted by Gasteiger charge is -2.21. The summed E-state index contributed by atoms with van der Waals surface area (Å²) in [5, 5.41) is 10.6. The summed E-state index contributed by atoms with van der Waals surface area (Å²) in [5.41, 5.74) is 6.91. The van der Waals surface area contributed by atoms with Gasteiger partial charge in [0, 0.05) is 30.7 Å². The van der Waals surface area contributed by atoms with E-state index >= 15 is 4.39 Å². The SMILES string of the molecule is CCOc1cc(OC(C)=O)c(F)c(O[C@H]2CCOC2)c1Nc1ccc(C(=N)N)cc1. The van der Waals surface area contributed by atoms with E-state index in [1.54, 1.807) is 31.2 Å². The van der Waals surface area contributed by atoms with Gasteiger partial charge in [0.15, 0.2) is 11.5 Å². The van der Waals surface area contributed by atoms with Crippen LogP contribution in [0.15, 0.2) is 30.3 Å². The molecule has 1 atom stereocenters. The molecule has 8 nitrogen and oxygen atoms in total. The highest BCUT2D eigenvalue weighted by molar-refractivity contribution is 5.95. The van der Waals surface area contributed by atoms with Crippen LogP contribution in [0, 0.1) is 11.2 Å². The van der Waals surface area contributed by atoms with Gasteiger partial charge in [-0.25, -0.2) is 0 Å². The summed E-state index contributed by atoms with van der Waals surface area (Å²) >= 11 is 0. The van der Waals surface area contributed by atoms with Crippen molar-refractivity contribution < 1.29 is 28.1 Å². The first-order valence-corrected chi connectivity index (χ1v) is 9.52. The number of amidine groups is 1. The Balaban J connectivity index is 2.05. The Morgan fingerprint density at radius 2 is 2.07 bits per heavy atom. The van der Waals surface area contributed by atoms with E-state index in [1.807, 2.05) is 0 Å². The van der Waals surface area contributed by atoms with Gasteiger partial charge in [-0.05, 0) is 31.2 Å². The zero-order valence-corrected chi connectivity index (χ0v) is 16.8. The third-order valence-electron chi connectivity index (χ3n) is 4.34. The molecule has 0 radical (unpaired) electrons. The molecule has 0 spiro atoms. The monoisotopic (exact) mass is 417 g/mol. The lowest BCUT2D eigenvalue weighted by molar-refractivity contribution is -0.132. The van der Waals surface area contributed by atoms with Crippen LogP contribution in [-0.2, 0) is 9.53 Å². The summed E-state index contributed by atoms with van der Waals surface area (Å²) in [4.78, 5) is 11.4. The Morgan fingerprint density at radius 3 is 2.63 bits per heavy atom. The molecule has 1 fully saturated rings. The number of esters is 1. The van der Waals surface area contributed by atoms with E-state index in [2.05, 4.69) is 5.32 Å². The Hall–Kier alpha value is -3.33. The zero-order valence-electron chi connectivity index (χ0n) is 16.8. The van der Waals surface area contributed by atoms with Crippen LogP contribution in [0.2, 0.25) is 0 Å². The topological polar surface area (TPSA) is 116 Å². The minimum atomic E-state index is -0.816. The first kappa shape index (κ1) is 21.4. The number of anilines is 2. The number of hydrogen-bond acceptors (Lipinski definition) is 7. The smallest absolute Gasteiger partial charge is 0.308 e. The predicted molar refractivity (Wildman–Crippen MR) is 109 cm³/mol. The van der Waals surface area contributed by atoms with E-state index in [9.17, 15) is 4.79 Å². The second-order valence-corrected chi connectivity index (χ2v) is 6.64. The molecule has 1 heterocycles. The number of halogens is 1. The summed E-state index contributed by atoms with van der Waals surface area (Å²) in [6.07, 6.45) is 0.260. The minimum absolute atomic E-state index is 0.0569. The van der Waals surface area contributed by atoms with E-state index in [0.717, 1.165) is 0 Å². The Morgan fingerprint density at radius 1 is 1.33 bits per heavy atom. The molecule has 1 aliphatic rings. The molecular weight excluding hydrogens is 393 g/mol. The van der Waals surface area contributed by atoms with Crippen LogP contribution in [0.5, 0.6) is 17.2 Å². The van der Waals surface area contributed by atoms with E-state index in [-0.39, 0.29) is 34.9 Å². The minimum Gasteiger partial charge on any atom is -0.491 e. The van der Waals surface area contributed by atoms with Gasteiger partial charge in [0.05, 0.1) is 19.8 Å². The van der Waals surface area contributed by atoms with Crippen LogP contribution >= 0.6 is 0 Å². The molecule has 0 unspecified atom stereocenters. The molecule has 30 heavy (non-hydrogen) atoms. The maximum atomic E-state index is 15.3. The van der Waals surface area contributed by atoms with Crippen LogP contribution in [0.4, 0.5) is 15.8 Å². The normalized spacial score (nSPS) is 15.5. The molecule has 1 saturated heterocycles. The number of nitrogens with two attached hydrogens (primary N) is 1. The van der Waals surface area contributed by atoms with Crippen LogP contribution in [-0.4, -0.2) is 37.7 Å². The number of benzene rings is 2. The molecule has 1 aliphatic heterocycles. The van der Waals surface area contributed by atoms with E-state index in [4.69, 9.17) is 30.1 Å². The molecule has 0 aromatic heterocycles. The molecule has 0 saturated carbocycles. The lowest BCUT2D eigenvalue weighted by Crippen LogP contribution is -2.18. The van der Waals surface area contributed by atoms with E-state index in [0.29, 0.717) is 37.5 Å². The predicted octanol–water partition coefficient (Wildman–Crippen LogP) is 3.35. The Bertz CT molecular complexity index is 927. The second-order valence-electron chi connectivity index (χ2n) is 6.64. The van der Waals surface area contributed by atoms with Gasteiger partial charge in [-0.2, -0.15) is 4.39 Å². The maximum Gasteiger partial charge on any atom is 0.308 e. The molecular formula is C21H24FN3O5. The third kappa shape index (κ3) is 4.98. The van der Waals surface area contributed by atoms with Crippen LogP contribution in [0.3, 0.4) is 0 Å². The largest absolute Gasteiger partial charge is 0.491 e. The molecule has 0 aliphatic carbocycles. The van der Waals surface area contributed by atoms with Gasteiger partial charge in [-0.15, -0.1) is 0 Å². The number of hydrogen-bond donors (Lipinski definition) is 3. The summed E-state index contributed by atoms with van der Waals surface area (Å²) in [6.45, 7) is 4.12. The van der Waals surface area contributed by atoms with Gasteiger partial charge in [0.25, 0.3) is 0 Å². The van der Waals surface area contributed by atoms with Crippen molar-refractivity contribution in [3.8, 4) is 17.2 Å². The van der Waals surface area contributed by atoms with Gasteiger partial charge in [0.1, 0.15) is 23.4 Å². The number of carbonyl (C=O) groups excluding carboxylic acids is 1. The van der Waals surface area contributed by atoms with Crippen LogP contribution in [0.1, 0.15) is 25.8 Å². The molecule has 0 amide bonds. The van der Waals surface area contributed by atoms with Crippen LogP contribution in [0.25, 0.3) is 0 Å². The molecule has 0 bridgehead atoms. The first-order valence-electron chi connectivity index (χ1n) is 9.52. The van der Waals surface area contributed by atoms with Crippen molar-refractivity contribution in [2.24, 2.45) is 5.73 Å². The van der Waals surface area contributed by atoms with Crippen molar-refractivity contribution in [1.82, 2.24) is 0 Å². The Labute approximate surface area is 173 Å². The fourth-order valence-electron chi connectivity index (χ4n) is 2.97. The molecule has 9 heteroatoms. The standard InChI is InChI=1S/C21H24FN3O5/c1-3-28-17-10-16(29-12(2)26)18(22)20(30-15-8-9-27-11-15)19(17)25-14-6-4-13(5-7-14)21(23)24/h4-7,10,15,25H,3,8-9,11H2,1-2H3,(H3,23,24)/t15-/m0/s1. The average Bonchev–Trinajstić information content (AvgIpc) is 3.21. The van der Waals surface area contributed by atoms with Gasteiger partial charge >= 0.3 is 5.97 Å². The van der Waals surface area contributed by atoms with Crippen molar-refractivity contribution >= 4 is 23.2 Å². The van der Waals surface area contributed by atoms with Gasteiger partial charge in [-0.1, -0.05) is 0 Å². The quantitative estimate of drug-likeness (QED) is 0.261.